The number of aliphatic imine (C=N–C) groups is 1. The van der Waals surface area contributed by atoms with E-state index in [1.807, 2.05) is 43.5 Å². The van der Waals surface area contributed by atoms with Crippen molar-refractivity contribution in [1.29, 1.82) is 0 Å². The SMILES string of the molecule is CCCCC(C)(Pc1ccc(C)cc1/C=N/c1ccccc1)c1cc(C(C)(C)C)cc(C)c1O. The van der Waals surface area contributed by atoms with Crippen molar-refractivity contribution in [1.82, 2.24) is 0 Å². The topological polar surface area (TPSA) is 32.6 Å². The molecule has 1 N–H and O–H groups in total. The second kappa shape index (κ2) is 10.9. The van der Waals surface area contributed by atoms with Crippen LogP contribution in [-0.4, -0.2) is 11.3 Å². The average molecular weight is 474 g/mol. The van der Waals surface area contributed by atoms with E-state index in [1.165, 1.54) is 16.4 Å². The zero-order chi connectivity index (χ0) is 24.9. The van der Waals surface area contributed by atoms with Crippen LogP contribution in [0.15, 0.2) is 65.7 Å². The van der Waals surface area contributed by atoms with Crippen molar-refractivity contribution in [3.05, 3.63) is 88.5 Å². The van der Waals surface area contributed by atoms with Crippen molar-refractivity contribution < 1.29 is 5.11 Å². The van der Waals surface area contributed by atoms with E-state index in [0.717, 1.165) is 41.6 Å². The third-order valence-electron chi connectivity index (χ3n) is 6.52. The Bertz CT molecular complexity index is 1140. The van der Waals surface area contributed by atoms with Crippen LogP contribution < -0.4 is 5.30 Å². The molecular formula is C31H40NOP. The van der Waals surface area contributed by atoms with Gasteiger partial charge in [0.2, 0.25) is 0 Å². The zero-order valence-electron chi connectivity index (χ0n) is 21.9. The number of phenols is 1. The highest BCUT2D eigenvalue weighted by atomic mass is 31.1. The summed E-state index contributed by atoms with van der Waals surface area (Å²) in [6.45, 7) is 15.5. The number of benzene rings is 3. The van der Waals surface area contributed by atoms with Gasteiger partial charge in [-0.2, -0.15) is 0 Å². The fraction of sp³-hybridized carbons (Fsp3) is 0.387. The summed E-state index contributed by atoms with van der Waals surface area (Å²) >= 11 is 0. The number of para-hydroxylation sites is 1. The van der Waals surface area contributed by atoms with E-state index in [2.05, 4.69) is 71.9 Å². The van der Waals surface area contributed by atoms with Gasteiger partial charge in [0.1, 0.15) is 5.75 Å². The number of hydrogen-bond acceptors (Lipinski definition) is 2. The van der Waals surface area contributed by atoms with Crippen LogP contribution in [0.1, 0.15) is 81.7 Å². The maximum Gasteiger partial charge on any atom is 0.122 e. The number of aromatic hydroxyl groups is 1. The monoisotopic (exact) mass is 473 g/mol. The Balaban J connectivity index is 2.09. The average Bonchev–Trinajstić information content (AvgIpc) is 2.79. The van der Waals surface area contributed by atoms with Crippen molar-refractivity contribution in [2.24, 2.45) is 4.99 Å². The van der Waals surface area contributed by atoms with Crippen LogP contribution >= 0.6 is 8.58 Å². The molecule has 0 spiro atoms. The van der Waals surface area contributed by atoms with E-state index in [-0.39, 0.29) is 10.6 Å². The molecule has 0 aromatic heterocycles. The molecule has 34 heavy (non-hydrogen) atoms. The Morgan fingerprint density at radius 1 is 0.941 bits per heavy atom. The molecule has 0 saturated carbocycles. The lowest BCUT2D eigenvalue weighted by Gasteiger charge is -2.34. The molecule has 180 valence electrons. The quantitative estimate of drug-likeness (QED) is 0.258. The number of rotatable bonds is 8. The van der Waals surface area contributed by atoms with Gasteiger partial charge in [-0.1, -0.05) is 104 Å². The summed E-state index contributed by atoms with van der Waals surface area (Å²) < 4.78 is 0. The van der Waals surface area contributed by atoms with Crippen molar-refractivity contribution in [2.45, 2.75) is 78.3 Å². The lowest BCUT2D eigenvalue weighted by molar-refractivity contribution is 0.445. The molecule has 3 aromatic carbocycles. The van der Waals surface area contributed by atoms with Crippen LogP contribution in [-0.2, 0) is 10.6 Å². The summed E-state index contributed by atoms with van der Waals surface area (Å²) in [4.78, 5) is 4.75. The summed E-state index contributed by atoms with van der Waals surface area (Å²) in [6.07, 6.45) is 5.29. The van der Waals surface area contributed by atoms with Gasteiger partial charge in [0.15, 0.2) is 0 Å². The highest BCUT2D eigenvalue weighted by Gasteiger charge is 2.32. The van der Waals surface area contributed by atoms with Gasteiger partial charge in [0, 0.05) is 22.5 Å². The molecule has 3 rings (SSSR count). The van der Waals surface area contributed by atoms with Gasteiger partial charge in [0.25, 0.3) is 0 Å². The van der Waals surface area contributed by atoms with Crippen LogP contribution in [0, 0.1) is 13.8 Å². The van der Waals surface area contributed by atoms with E-state index in [9.17, 15) is 5.11 Å². The highest BCUT2D eigenvalue weighted by Crippen LogP contribution is 2.50. The van der Waals surface area contributed by atoms with Gasteiger partial charge in [-0.15, -0.1) is 0 Å². The van der Waals surface area contributed by atoms with Gasteiger partial charge in [-0.05, 0) is 60.3 Å². The van der Waals surface area contributed by atoms with E-state index >= 15 is 0 Å². The lowest BCUT2D eigenvalue weighted by Crippen LogP contribution is -2.23. The minimum Gasteiger partial charge on any atom is -0.507 e. The van der Waals surface area contributed by atoms with E-state index in [0.29, 0.717) is 14.3 Å². The summed E-state index contributed by atoms with van der Waals surface area (Å²) in [5, 5.41) is 12.4. The standard InChI is InChI=1S/C31H40NOP/c1-8-9-17-31(7,27-20-25(30(4,5)6)19-23(3)29(27)33)34-28-16-15-22(2)18-24(28)21-32-26-13-11-10-12-14-26/h10-16,18-21,33-34H,8-9,17H2,1-7H3/b32-21+. The van der Waals surface area contributed by atoms with Gasteiger partial charge < -0.3 is 5.11 Å². The van der Waals surface area contributed by atoms with E-state index < -0.39 is 0 Å². The molecule has 0 saturated heterocycles. The number of nitrogens with zero attached hydrogens (tertiary/aromatic N) is 1. The molecular weight excluding hydrogens is 433 g/mol. The van der Waals surface area contributed by atoms with Gasteiger partial charge in [0.05, 0.1) is 5.69 Å². The second-order valence-corrected chi connectivity index (χ2v) is 12.6. The number of hydrogen-bond donors (Lipinski definition) is 1. The van der Waals surface area contributed by atoms with Gasteiger partial charge >= 0.3 is 0 Å². The molecule has 3 aromatic rings. The summed E-state index contributed by atoms with van der Waals surface area (Å²) in [6, 6.07) is 21.2. The number of aryl methyl sites for hydroxylation is 2. The third-order valence-corrected chi connectivity index (χ3v) is 8.31. The fourth-order valence-corrected chi connectivity index (χ4v) is 5.96. The smallest absolute Gasteiger partial charge is 0.122 e. The molecule has 3 heteroatoms. The summed E-state index contributed by atoms with van der Waals surface area (Å²) in [7, 11) is 0.520. The predicted molar refractivity (Wildman–Crippen MR) is 151 cm³/mol. The summed E-state index contributed by atoms with van der Waals surface area (Å²) in [5.41, 5.74) is 6.69. The Morgan fingerprint density at radius 2 is 1.65 bits per heavy atom. The fourth-order valence-electron chi connectivity index (χ4n) is 4.29. The highest BCUT2D eigenvalue weighted by molar-refractivity contribution is 7.48. The van der Waals surface area contributed by atoms with Crippen molar-refractivity contribution in [2.75, 3.05) is 0 Å². The molecule has 0 aliphatic carbocycles. The predicted octanol–water partition coefficient (Wildman–Crippen LogP) is 8.47. The first kappa shape index (κ1) is 26.2. The lowest BCUT2D eigenvalue weighted by atomic mass is 9.82. The van der Waals surface area contributed by atoms with Crippen LogP contribution in [0.3, 0.4) is 0 Å². The Kier molecular flexibility index (Phi) is 8.37. The number of phenolic OH excluding ortho intramolecular Hbond substituents is 1. The minimum absolute atomic E-state index is 0.0271. The normalized spacial score (nSPS) is 14.2. The molecule has 0 heterocycles. The third kappa shape index (κ3) is 6.36. The molecule has 2 nitrogen and oxygen atoms in total. The Hall–Kier alpha value is -2.44. The second-order valence-electron chi connectivity index (χ2n) is 10.7. The number of unbranched alkanes of at least 4 members (excludes halogenated alkanes) is 1. The molecule has 0 amide bonds. The maximum atomic E-state index is 11.2. The van der Waals surface area contributed by atoms with Crippen LogP contribution in [0.2, 0.25) is 0 Å². The zero-order valence-corrected chi connectivity index (χ0v) is 22.9. The molecule has 2 atom stereocenters. The first-order chi connectivity index (χ1) is 16.0. The molecule has 0 aliphatic heterocycles. The largest absolute Gasteiger partial charge is 0.507 e. The van der Waals surface area contributed by atoms with E-state index in [1.54, 1.807) is 0 Å². The first-order valence-corrected chi connectivity index (χ1v) is 13.4. The van der Waals surface area contributed by atoms with Crippen LogP contribution in [0.4, 0.5) is 5.69 Å². The van der Waals surface area contributed by atoms with Crippen molar-refractivity contribution >= 4 is 25.8 Å². The van der Waals surface area contributed by atoms with Crippen molar-refractivity contribution in [3.8, 4) is 5.75 Å². The summed E-state index contributed by atoms with van der Waals surface area (Å²) in [5.74, 6) is 0.450. The molecule has 0 fully saturated rings. The molecule has 0 bridgehead atoms. The molecule has 0 radical (unpaired) electrons. The Morgan fingerprint density at radius 3 is 2.29 bits per heavy atom. The van der Waals surface area contributed by atoms with E-state index in [4.69, 9.17) is 4.99 Å². The van der Waals surface area contributed by atoms with Gasteiger partial charge in [-0.3, -0.25) is 4.99 Å². The first-order valence-electron chi connectivity index (χ1n) is 12.4. The Labute approximate surface area is 208 Å². The minimum atomic E-state index is -0.156. The maximum absolute atomic E-state index is 11.2. The van der Waals surface area contributed by atoms with Gasteiger partial charge in [-0.25, -0.2) is 0 Å². The van der Waals surface area contributed by atoms with Crippen LogP contribution in [0.5, 0.6) is 5.75 Å². The molecule has 0 aliphatic rings. The molecule has 2 unspecified atom stereocenters. The van der Waals surface area contributed by atoms with Crippen molar-refractivity contribution in [3.63, 3.8) is 0 Å². The van der Waals surface area contributed by atoms with Crippen LogP contribution in [0.25, 0.3) is 0 Å².